The minimum absolute atomic E-state index is 0.00955. The number of nitrogens with zero attached hydrogens (tertiary/aromatic N) is 2. The predicted octanol–water partition coefficient (Wildman–Crippen LogP) is 1.89. The highest BCUT2D eigenvalue weighted by Gasteiger charge is 2.32. The van der Waals surface area contributed by atoms with E-state index in [0.29, 0.717) is 17.9 Å². The molecule has 0 bridgehead atoms. The number of ether oxygens (including phenoxy) is 1. The van der Waals surface area contributed by atoms with Crippen LogP contribution >= 0.6 is 0 Å². The lowest BCUT2D eigenvalue weighted by atomic mass is 10.1. The molecule has 0 aromatic heterocycles. The highest BCUT2D eigenvalue weighted by molar-refractivity contribution is 7.93. The minimum atomic E-state index is -4.46. The Kier molecular flexibility index (Phi) is 10.4. The second-order valence-corrected chi connectivity index (χ2v) is 14.0. The van der Waals surface area contributed by atoms with Gasteiger partial charge in [0.1, 0.15) is 18.8 Å². The quantitative estimate of drug-likeness (QED) is 0.152. The Hall–Kier alpha value is -5.19. The van der Waals surface area contributed by atoms with E-state index >= 15 is 0 Å². The van der Waals surface area contributed by atoms with E-state index < -0.39 is 56.9 Å². The summed E-state index contributed by atoms with van der Waals surface area (Å²) < 4.78 is 62.4. The number of fused-ring (bicyclic) bond motifs is 1. The number of rotatable bonds is 14. The Balaban J connectivity index is 1.84. The van der Waals surface area contributed by atoms with Gasteiger partial charge in [-0.2, -0.15) is 0 Å². The van der Waals surface area contributed by atoms with Crippen LogP contribution in [0.3, 0.4) is 0 Å². The van der Waals surface area contributed by atoms with Gasteiger partial charge in [0.05, 0.1) is 34.3 Å². The van der Waals surface area contributed by atoms with E-state index in [2.05, 4.69) is 5.32 Å². The van der Waals surface area contributed by atoms with Crippen molar-refractivity contribution < 1.29 is 36.0 Å². The first-order valence-electron chi connectivity index (χ1n) is 14.1. The van der Waals surface area contributed by atoms with Crippen molar-refractivity contribution in [2.24, 2.45) is 17.2 Å². The number of primary amides is 2. The fourth-order valence-corrected chi connectivity index (χ4v) is 7.62. The molecule has 0 saturated heterocycles. The number of methoxy groups -OCH3 is 1. The minimum Gasteiger partial charge on any atom is -0.497 e. The third-order valence-corrected chi connectivity index (χ3v) is 10.7. The topological polar surface area (TPSA) is 225 Å². The van der Waals surface area contributed by atoms with Crippen molar-refractivity contribution in [2.45, 2.75) is 29.2 Å². The molecule has 0 saturated carbocycles. The average Bonchev–Trinajstić information content (AvgIpc) is 3.05. The molecule has 0 heterocycles. The first kappa shape index (κ1) is 34.7. The summed E-state index contributed by atoms with van der Waals surface area (Å²) >= 11 is 0. The largest absolute Gasteiger partial charge is 0.497 e. The molecule has 7 N–H and O–H groups in total. The summed E-state index contributed by atoms with van der Waals surface area (Å²) in [5.74, 6) is -1.93. The molecule has 0 aliphatic rings. The van der Waals surface area contributed by atoms with Gasteiger partial charge < -0.3 is 27.3 Å². The Bertz CT molecular complexity index is 2020. The first-order valence-corrected chi connectivity index (χ1v) is 17.0. The van der Waals surface area contributed by atoms with Crippen molar-refractivity contribution in [3.8, 4) is 5.75 Å². The first-order chi connectivity index (χ1) is 22.2. The highest BCUT2D eigenvalue weighted by atomic mass is 32.2. The molecule has 1 atom stereocenters. The Morgan fingerprint density at radius 2 is 1.15 bits per heavy atom. The summed E-state index contributed by atoms with van der Waals surface area (Å²) in [5, 5.41) is 3.07. The lowest BCUT2D eigenvalue weighted by molar-refractivity contribution is -0.118. The molecule has 4 rings (SSSR count). The van der Waals surface area contributed by atoms with Crippen molar-refractivity contribution in [2.75, 3.05) is 34.1 Å². The summed E-state index contributed by atoms with van der Waals surface area (Å²) in [4.78, 5) is 36.2. The number of benzene rings is 4. The lowest BCUT2D eigenvalue weighted by Gasteiger charge is -2.28. The van der Waals surface area contributed by atoms with E-state index in [1.807, 2.05) is 0 Å². The summed E-state index contributed by atoms with van der Waals surface area (Å²) in [6, 6.07) is 19.0. The fourth-order valence-electron chi connectivity index (χ4n) is 4.72. The molecule has 47 heavy (non-hydrogen) atoms. The third kappa shape index (κ3) is 7.45. The molecule has 248 valence electrons. The number of carbonyl (C=O) groups excluding carboxylic acids is 3. The second-order valence-electron chi connectivity index (χ2n) is 10.3. The molecular formula is C31H34N6O8S2. The van der Waals surface area contributed by atoms with Gasteiger partial charge in [-0.1, -0.05) is 31.2 Å². The van der Waals surface area contributed by atoms with Gasteiger partial charge in [-0.3, -0.25) is 23.0 Å². The van der Waals surface area contributed by atoms with E-state index in [1.165, 1.54) is 73.8 Å². The second kappa shape index (κ2) is 14.1. The van der Waals surface area contributed by atoms with Gasteiger partial charge in [-0.25, -0.2) is 16.8 Å². The van der Waals surface area contributed by atoms with Crippen molar-refractivity contribution in [1.29, 1.82) is 0 Å². The zero-order valence-corrected chi connectivity index (χ0v) is 27.1. The maximum Gasteiger partial charge on any atom is 0.264 e. The lowest BCUT2D eigenvalue weighted by Crippen LogP contribution is -2.39. The van der Waals surface area contributed by atoms with Gasteiger partial charge in [0, 0.05) is 16.5 Å². The van der Waals surface area contributed by atoms with Crippen LogP contribution in [0, 0.1) is 0 Å². The highest BCUT2D eigenvalue weighted by Crippen LogP contribution is 2.38. The van der Waals surface area contributed by atoms with Crippen LogP contribution in [0.2, 0.25) is 0 Å². The monoisotopic (exact) mass is 682 g/mol. The van der Waals surface area contributed by atoms with Crippen LogP contribution in [0.1, 0.15) is 13.3 Å². The van der Waals surface area contributed by atoms with Crippen molar-refractivity contribution in [1.82, 2.24) is 0 Å². The molecule has 0 fully saturated rings. The van der Waals surface area contributed by atoms with E-state index in [9.17, 15) is 31.2 Å². The van der Waals surface area contributed by atoms with Gasteiger partial charge >= 0.3 is 0 Å². The van der Waals surface area contributed by atoms with E-state index in [0.717, 1.165) is 8.61 Å². The van der Waals surface area contributed by atoms with Crippen molar-refractivity contribution >= 4 is 65.6 Å². The molecule has 0 spiro atoms. The SMILES string of the molecule is CC[C@H](N)C(=O)Nc1ccc(S(=O)(=O)N(CC(N)=O)c2ccc(N(CC(N)=O)S(=O)(=O)c3ccc(OC)cc3)c3ccccc23)cc1. The number of carbonyl (C=O) groups is 3. The molecule has 0 radical (unpaired) electrons. The van der Waals surface area contributed by atoms with Crippen LogP contribution < -0.4 is 35.9 Å². The molecular weight excluding hydrogens is 649 g/mol. The van der Waals surface area contributed by atoms with Crippen LogP contribution in [0.15, 0.2) is 94.7 Å². The number of nitrogens with one attached hydrogen (secondary N) is 1. The molecule has 0 aliphatic carbocycles. The number of hydrogen-bond acceptors (Lipinski definition) is 9. The predicted molar refractivity (Wildman–Crippen MR) is 178 cm³/mol. The van der Waals surface area contributed by atoms with E-state index in [-0.39, 0.29) is 31.9 Å². The molecule has 0 unspecified atom stereocenters. The van der Waals surface area contributed by atoms with E-state index in [4.69, 9.17) is 21.9 Å². The van der Waals surface area contributed by atoms with Gasteiger partial charge in [-0.15, -0.1) is 0 Å². The molecule has 4 aromatic carbocycles. The summed E-state index contributed by atoms with van der Waals surface area (Å²) in [6.45, 7) is 0.260. The van der Waals surface area contributed by atoms with E-state index in [1.54, 1.807) is 25.1 Å². The average molecular weight is 683 g/mol. The normalized spacial score (nSPS) is 12.2. The molecule has 14 nitrogen and oxygen atoms in total. The van der Waals surface area contributed by atoms with Gasteiger partial charge in [0.15, 0.2) is 0 Å². The number of anilines is 3. The summed E-state index contributed by atoms with van der Waals surface area (Å²) in [6.07, 6.45) is 0.404. The van der Waals surface area contributed by atoms with Gasteiger partial charge in [0.2, 0.25) is 17.7 Å². The molecule has 16 heteroatoms. The van der Waals surface area contributed by atoms with Crippen LogP contribution in [0.25, 0.3) is 10.8 Å². The zero-order valence-electron chi connectivity index (χ0n) is 25.5. The number of hydrogen-bond donors (Lipinski definition) is 4. The third-order valence-electron chi connectivity index (χ3n) is 7.15. The van der Waals surface area contributed by atoms with Gasteiger partial charge in [-0.05, 0) is 67.1 Å². The van der Waals surface area contributed by atoms with Crippen LogP contribution in [-0.4, -0.2) is 60.8 Å². The standard InChI is InChI=1S/C31H34N6O8S2/c1-3-26(32)31(40)35-20-8-12-22(13-9-20)46(41,42)36(18-29(33)38)27-16-17-28(25-7-5-4-6-24(25)27)37(19-30(34)39)47(43,44)23-14-10-21(45-2)11-15-23/h4-17,26H,3,18-19,32H2,1-2H3,(H2,33,38)(H2,34,39)(H,35,40)/t26-/m0/s1. The Labute approximate surface area is 272 Å². The number of nitrogens with two attached hydrogens (primary N) is 3. The van der Waals surface area contributed by atoms with Crippen LogP contribution in [0.5, 0.6) is 5.75 Å². The van der Waals surface area contributed by atoms with Crippen molar-refractivity contribution in [3.63, 3.8) is 0 Å². The smallest absolute Gasteiger partial charge is 0.264 e. The maximum absolute atomic E-state index is 14.0. The van der Waals surface area contributed by atoms with Crippen LogP contribution in [0.4, 0.5) is 17.1 Å². The fraction of sp³-hybridized carbons (Fsp3) is 0.194. The molecule has 4 aromatic rings. The molecule has 3 amide bonds. The Morgan fingerprint density at radius 3 is 1.53 bits per heavy atom. The zero-order chi connectivity index (χ0) is 34.5. The maximum atomic E-state index is 14.0. The summed E-state index contributed by atoms with van der Waals surface area (Å²) in [5.41, 5.74) is 17.1. The Morgan fingerprint density at radius 1 is 0.723 bits per heavy atom. The number of sulfonamides is 2. The summed E-state index contributed by atoms with van der Waals surface area (Å²) in [7, 11) is -7.41. The number of amides is 3. The molecule has 0 aliphatic heterocycles. The van der Waals surface area contributed by atoms with Crippen LogP contribution in [-0.2, 0) is 34.4 Å². The van der Waals surface area contributed by atoms with Crippen molar-refractivity contribution in [3.05, 3.63) is 84.9 Å². The van der Waals surface area contributed by atoms with Gasteiger partial charge in [0.25, 0.3) is 20.0 Å².